The number of nitrogens with zero attached hydrogens (tertiary/aromatic N) is 2. The molecule has 0 radical (unpaired) electrons. The van der Waals surface area contributed by atoms with Crippen LogP contribution in [-0.4, -0.2) is 15.3 Å². The standard InChI is InChI=1S/C16H14N2O/c1-12(19)14-7-9-18(10-14)11-15-5-2-4-13-6-3-8-17-16(13)15/h2-10H,11H2,1H3. The van der Waals surface area contributed by atoms with Crippen molar-refractivity contribution in [2.75, 3.05) is 0 Å². The lowest BCUT2D eigenvalue weighted by atomic mass is 10.1. The molecule has 0 aliphatic rings. The molecule has 0 aliphatic carbocycles. The third-order valence-electron chi connectivity index (χ3n) is 3.23. The number of fused-ring (bicyclic) bond motifs is 1. The largest absolute Gasteiger partial charge is 0.349 e. The van der Waals surface area contributed by atoms with Crippen molar-refractivity contribution in [2.45, 2.75) is 13.5 Å². The monoisotopic (exact) mass is 250 g/mol. The Kier molecular flexibility index (Phi) is 2.88. The maximum atomic E-state index is 11.3. The van der Waals surface area contributed by atoms with E-state index in [1.165, 1.54) is 0 Å². The van der Waals surface area contributed by atoms with E-state index in [-0.39, 0.29) is 5.78 Å². The van der Waals surface area contributed by atoms with Gasteiger partial charge >= 0.3 is 0 Å². The van der Waals surface area contributed by atoms with E-state index in [0.29, 0.717) is 0 Å². The van der Waals surface area contributed by atoms with Crippen LogP contribution in [0.2, 0.25) is 0 Å². The molecule has 0 spiro atoms. The Bertz CT molecular complexity index is 738. The summed E-state index contributed by atoms with van der Waals surface area (Å²) in [4.78, 5) is 15.7. The molecule has 3 nitrogen and oxygen atoms in total. The predicted octanol–water partition coefficient (Wildman–Crippen LogP) is 3.29. The third-order valence-corrected chi connectivity index (χ3v) is 3.23. The molecule has 0 atom stereocenters. The Morgan fingerprint density at radius 2 is 2.05 bits per heavy atom. The van der Waals surface area contributed by atoms with Gasteiger partial charge in [0.1, 0.15) is 0 Å². The summed E-state index contributed by atoms with van der Waals surface area (Å²) in [5.41, 5.74) is 2.92. The Hall–Kier alpha value is -2.42. The van der Waals surface area contributed by atoms with Crippen molar-refractivity contribution in [3.05, 3.63) is 66.1 Å². The first-order valence-electron chi connectivity index (χ1n) is 6.23. The van der Waals surface area contributed by atoms with E-state index in [2.05, 4.69) is 23.2 Å². The van der Waals surface area contributed by atoms with Gasteiger partial charge in [0, 0.05) is 36.1 Å². The summed E-state index contributed by atoms with van der Waals surface area (Å²) in [6.07, 6.45) is 5.62. The van der Waals surface area contributed by atoms with E-state index in [0.717, 1.165) is 28.6 Å². The fourth-order valence-corrected chi connectivity index (χ4v) is 2.24. The molecule has 0 N–H and O–H groups in total. The number of pyridine rings is 1. The van der Waals surface area contributed by atoms with E-state index in [9.17, 15) is 4.79 Å². The Labute approximate surface area is 111 Å². The van der Waals surface area contributed by atoms with Crippen molar-refractivity contribution in [2.24, 2.45) is 0 Å². The van der Waals surface area contributed by atoms with Crippen LogP contribution in [0.15, 0.2) is 55.0 Å². The highest BCUT2D eigenvalue weighted by atomic mass is 16.1. The molecule has 0 bridgehead atoms. The van der Waals surface area contributed by atoms with Gasteiger partial charge in [-0.05, 0) is 24.6 Å². The van der Waals surface area contributed by atoms with Gasteiger partial charge in [-0.1, -0.05) is 24.3 Å². The minimum absolute atomic E-state index is 0.0924. The van der Waals surface area contributed by atoms with Crippen molar-refractivity contribution in [1.29, 1.82) is 0 Å². The number of rotatable bonds is 3. The van der Waals surface area contributed by atoms with Gasteiger partial charge < -0.3 is 4.57 Å². The second-order valence-corrected chi connectivity index (χ2v) is 4.62. The van der Waals surface area contributed by atoms with Crippen LogP contribution in [0.3, 0.4) is 0 Å². The van der Waals surface area contributed by atoms with Crippen molar-refractivity contribution in [3.8, 4) is 0 Å². The number of benzene rings is 1. The maximum absolute atomic E-state index is 11.3. The molecule has 2 heterocycles. The Morgan fingerprint density at radius 1 is 1.21 bits per heavy atom. The molecule has 0 aliphatic heterocycles. The molecule has 94 valence electrons. The predicted molar refractivity (Wildman–Crippen MR) is 75.3 cm³/mol. The molecule has 0 unspecified atom stereocenters. The number of ketones is 1. The van der Waals surface area contributed by atoms with E-state index < -0.39 is 0 Å². The average Bonchev–Trinajstić information content (AvgIpc) is 2.88. The lowest BCUT2D eigenvalue weighted by Gasteiger charge is -2.06. The number of carbonyl (C=O) groups excluding carboxylic acids is 1. The van der Waals surface area contributed by atoms with Crippen LogP contribution in [0.25, 0.3) is 10.9 Å². The molecule has 0 saturated heterocycles. The lowest BCUT2D eigenvalue weighted by molar-refractivity contribution is 0.101. The molecule has 3 heteroatoms. The first-order valence-corrected chi connectivity index (χ1v) is 6.23. The Balaban J connectivity index is 1.98. The molecule has 1 aromatic carbocycles. The molecule has 0 amide bonds. The quantitative estimate of drug-likeness (QED) is 0.668. The Morgan fingerprint density at radius 3 is 2.84 bits per heavy atom. The number of aromatic nitrogens is 2. The van der Waals surface area contributed by atoms with Gasteiger partial charge in [-0.25, -0.2) is 0 Å². The second-order valence-electron chi connectivity index (χ2n) is 4.62. The SMILES string of the molecule is CC(=O)c1ccn(Cc2cccc3cccnc23)c1. The highest BCUT2D eigenvalue weighted by Gasteiger charge is 2.05. The lowest BCUT2D eigenvalue weighted by Crippen LogP contribution is -1.98. The highest BCUT2D eigenvalue weighted by molar-refractivity contribution is 5.93. The zero-order valence-electron chi connectivity index (χ0n) is 10.7. The highest BCUT2D eigenvalue weighted by Crippen LogP contribution is 2.17. The summed E-state index contributed by atoms with van der Waals surface area (Å²) >= 11 is 0. The van der Waals surface area contributed by atoms with E-state index in [1.54, 1.807) is 6.92 Å². The van der Waals surface area contributed by atoms with Crippen molar-refractivity contribution in [3.63, 3.8) is 0 Å². The van der Waals surface area contributed by atoms with Crippen LogP contribution in [-0.2, 0) is 6.54 Å². The van der Waals surface area contributed by atoms with Gasteiger partial charge in [0.25, 0.3) is 0 Å². The molecule has 3 rings (SSSR count). The molecule has 19 heavy (non-hydrogen) atoms. The number of carbonyl (C=O) groups is 1. The first-order chi connectivity index (χ1) is 9.24. The van der Waals surface area contributed by atoms with E-state index >= 15 is 0 Å². The number of hydrogen-bond acceptors (Lipinski definition) is 2. The summed E-state index contributed by atoms with van der Waals surface area (Å²) in [5.74, 6) is 0.0924. The number of para-hydroxylation sites is 1. The third kappa shape index (κ3) is 2.27. The van der Waals surface area contributed by atoms with Crippen LogP contribution in [0.5, 0.6) is 0 Å². The minimum atomic E-state index is 0.0924. The van der Waals surface area contributed by atoms with Gasteiger partial charge in [-0.3, -0.25) is 9.78 Å². The zero-order chi connectivity index (χ0) is 13.2. The maximum Gasteiger partial charge on any atom is 0.161 e. The molecule has 0 saturated carbocycles. The van der Waals surface area contributed by atoms with Crippen molar-refractivity contribution >= 4 is 16.7 Å². The van der Waals surface area contributed by atoms with Gasteiger partial charge in [0.05, 0.1) is 5.52 Å². The van der Waals surface area contributed by atoms with Crippen LogP contribution in [0.1, 0.15) is 22.8 Å². The fraction of sp³-hybridized carbons (Fsp3) is 0.125. The molecule has 2 aromatic heterocycles. The van der Waals surface area contributed by atoms with Gasteiger partial charge in [0.2, 0.25) is 0 Å². The van der Waals surface area contributed by atoms with E-state index in [4.69, 9.17) is 0 Å². The van der Waals surface area contributed by atoms with Gasteiger partial charge in [-0.15, -0.1) is 0 Å². The van der Waals surface area contributed by atoms with Crippen molar-refractivity contribution < 1.29 is 4.79 Å². The fourth-order valence-electron chi connectivity index (χ4n) is 2.24. The molecule has 3 aromatic rings. The zero-order valence-corrected chi connectivity index (χ0v) is 10.7. The van der Waals surface area contributed by atoms with Crippen LogP contribution >= 0.6 is 0 Å². The van der Waals surface area contributed by atoms with Crippen LogP contribution in [0, 0.1) is 0 Å². The summed E-state index contributed by atoms with van der Waals surface area (Å²) in [6.45, 7) is 2.31. The number of Topliss-reactive ketones (excluding diaryl/α,β-unsaturated/α-hetero) is 1. The molecular formula is C16H14N2O. The first kappa shape index (κ1) is 11.7. The topological polar surface area (TPSA) is 34.9 Å². The van der Waals surface area contributed by atoms with Crippen molar-refractivity contribution in [1.82, 2.24) is 9.55 Å². The summed E-state index contributed by atoms with van der Waals surface area (Å²) in [5, 5.41) is 1.14. The summed E-state index contributed by atoms with van der Waals surface area (Å²) in [7, 11) is 0. The summed E-state index contributed by atoms with van der Waals surface area (Å²) < 4.78 is 2.01. The van der Waals surface area contributed by atoms with Gasteiger partial charge in [0.15, 0.2) is 5.78 Å². The number of hydrogen-bond donors (Lipinski definition) is 0. The molecule has 0 fully saturated rings. The second kappa shape index (κ2) is 4.69. The minimum Gasteiger partial charge on any atom is -0.349 e. The van der Waals surface area contributed by atoms with Crippen LogP contribution in [0.4, 0.5) is 0 Å². The average molecular weight is 250 g/mol. The smallest absolute Gasteiger partial charge is 0.161 e. The van der Waals surface area contributed by atoms with Gasteiger partial charge in [-0.2, -0.15) is 0 Å². The van der Waals surface area contributed by atoms with E-state index in [1.807, 2.05) is 41.4 Å². The normalized spacial score (nSPS) is 10.8. The summed E-state index contributed by atoms with van der Waals surface area (Å²) in [6, 6.07) is 12.0. The molecular weight excluding hydrogens is 236 g/mol. The van der Waals surface area contributed by atoms with Crippen LogP contribution < -0.4 is 0 Å².